The molecule has 0 radical (unpaired) electrons. The molecular formula is C23H24N8O4. The number of amides is 1. The van der Waals surface area contributed by atoms with Crippen molar-refractivity contribution in [3.63, 3.8) is 0 Å². The van der Waals surface area contributed by atoms with Crippen molar-refractivity contribution in [1.82, 2.24) is 30.7 Å². The first-order valence-electron chi connectivity index (χ1n) is 10.8. The summed E-state index contributed by atoms with van der Waals surface area (Å²) in [6, 6.07) is 15.1. The number of benzene rings is 2. The number of carbonyl (C=O) groups excluding carboxylic acids is 1. The lowest BCUT2D eigenvalue weighted by Crippen LogP contribution is -2.20. The van der Waals surface area contributed by atoms with Crippen LogP contribution in [0.1, 0.15) is 40.7 Å². The highest BCUT2D eigenvalue weighted by molar-refractivity contribution is 5.94. The average molecular weight is 476 g/mol. The number of hydrazone groups is 1. The van der Waals surface area contributed by atoms with Crippen molar-refractivity contribution >= 4 is 17.9 Å². The Morgan fingerprint density at radius 3 is 2.74 bits per heavy atom. The molecule has 0 atom stereocenters. The third-order valence-electron chi connectivity index (χ3n) is 4.97. The molecule has 0 saturated heterocycles. The molecule has 0 aliphatic carbocycles. The van der Waals surface area contributed by atoms with E-state index in [-0.39, 0.29) is 17.3 Å². The smallest absolute Gasteiger partial charge is 0.293 e. The predicted octanol–water partition coefficient (Wildman–Crippen LogP) is 2.54. The number of nitrogen functional groups attached to an aromatic ring is 1. The number of ether oxygens (including phenoxy) is 2. The summed E-state index contributed by atoms with van der Waals surface area (Å²) in [5.74, 6) is 0.829. The maximum absolute atomic E-state index is 12.7. The van der Waals surface area contributed by atoms with Crippen molar-refractivity contribution in [2.75, 3.05) is 12.8 Å². The minimum Gasteiger partial charge on any atom is -0.493 e. The zero-order valence-corrected chi connectivity index (χ0v) is 19.2. The molecule has 2 aromatic carbocycles. The monoisotopic (exact) mass is 476 g/mol. The Labute approximate surface area is 200 Å². The van der Waals surface area contributed by atoms with Gasteiger partial charge in [0.05, 0.1) is 19.0 Å². The van der Waals surface area contributed by atoms with E-state index < -0.39 is 5.91 Å². The van der Waals surface area contributed by atoms with Crippen molar-refractivity contribution in [3.05, 3.63) is 71.0 Å². The number of carbonyl (C=O) groups is 1. The van der Waals surface area contributed by atoms with Crippen molar-refractivity contribution in [2.45, 2.75) is 26.4 Å². The first-order chi connectivity index (χ1) is 17.1. The normalized spacial score (nSPS) is 11.0. The zero-order chi connectivity index (χ0) is 24.6. The Kier molecular flexibility index (Phi) is 7.31. The lowest BCUT2D eigenvalue weighted by Gasteiger charge is -2.11. The molecule has 4 rings (SSSR count). The molecule has 0 aliphatic rings. The van der Waals surface area contributed by atoms with Crippen molar-refractivity contribution < 1.29 is 18.9 Å². The highest BCUT2D eigenvalue weighted by Crippen LogP contribution is 2.28. The Bertz CT molecular complexity index is 1320. The van der Waals surface area contributed by atoms with Gasteiger partial charge >= 0.3 is 0 Å². The van der Waals surface area contributed by atoms with Gasteiger partial charge in [0.15, 0.2) is 17.2 Å². The van der Waals surface area contributed by atoms with Gasteiger partial charge in [-0.05, 0) is 46.1 Å². The molecule has 0 saturated carbocycles. The summed E-state index contributed by atoms with van der Waals surface area (Å²) in [4.78, 5) is 12.7. The lowest BCUT2D eigenvalue weighted by atomic mass is 10.2. The highest BCUT2D eigenvalue weighted by Gasteiger charge is 2.23. The molecular weight excluding hydrogens is 452 g/mol. The van der Waals surface area contributed by atoms with Crippen molar-refractivity contribution in [1.29, 1.82) is 0 Å². The summed E-state index contributed by atoms with van der Waals surface area (Å²) in [6.07, 6.45) is 2.74. The first kappa shape index (κ1) is 23.4. The number of rotatable bonds is 10. The van der Waals surface area contributed by atoms with Crippen LogP contribution in [0.5, 0.6) is 11.5 Å². The van der Waals surface area contributed by atoms with Crippen LogP contribution >= 0.6 is 0 Å². The fraction of sp³-hybridized carbons (Fsp3) is 0.217. The molecule has 0 spiro atoms. The van der Waals surface area contributed by atoms with Crippen LogP contribution < -0.4 is 20.6 Å². The van der Waals surface area contributed by atoms with Crippen LogP contribution in [0.15, 0.2) is 58.3 Å². The lowest BCUT2D eigenvalue weighted by molar-refractivity contribution is 0.0949. The fourth-order valence-corrected chi connectivity index (χ4v) is 3.29. The second-order valence-electron chi connectivity index (χ2n) is 7.40. The van der Waals surface area contributed by atoms with E-state index in [1.165, 1.54) is 10.9 Å². The van der Waals surface area contributed by atoms with Crippen molar-refractivity contribution in [2.24, 2.45) is 5.10 Å². The van der Waals surface area contributed by atoms with Gasteiger partial charge in [0.2, 0.25) is 11.6 Å². The van der Waals surface area contributed by atoms with E-state index in [2.05, 4.69) is 35.8 Å². The average Bonchev–Trinajstić information content (AvgIpc) is 3.49. The number of hydrogen-bond acceptors (Lipinski definition) is 10. The van der Waals surface area contributed by atoms with Crippen LogP contribution in [0, 0.1) is 0 Å². The number of nitrogens with two attached hydrogens (primary N) is 1. The van der Waals surface area contributed by atoms with E-state index in [1.807, 2.05) is 37.3 Å². The van der Waals surface area contributed by atoms with Gasteiger partial charge in [0, 0.05) is 0 Å². The van der Waals surface area contributed by atoms with Crippen molar-refractivity contribution in [3.8, 4) is 17.3 Å². The van der Waals surface area contributed by atoms with Crippen LogP contribution in [0.25, 0.3) is 5.82 Å². The van der Waals surface area contributed by atoms with Crippen LogP contribution in [-0.2, 0) is 13.0 Å². The summed E-state index contributed by atoms with van der Waals surface area (Å²) in [5.41, 5.74) is 10.6. The standard InChI is InChI=1S/C23H24N8O4/c1-3-7-17-20(26-30-31(17)22-21(24)28-35-29-22)23(32)27-25-13-16-10-11-18(33-2)19(12-16)34-14-15-8-5-4-6-9-15/h4-6,8-13H,3,7,14H2,1-2H3,(H2,24,28)(H,27,32)/b25-13+. The van der Waals surface area contributed by atoms with E-state index in [4.69, 9.17) is 15.2 Å². The molecule has 2 aromatic heterocycles. The molecule has 12 nitrogen and oxygen atoms in total. The Balaban J connectivity index is 1.47. The maximum Gasteiger partial charge on any atom is 0.293 e. The van der Waals surface area contributed by atoms with Crippen LogP contribution in [0.2, 0.25) is 0 Å². The zero-order valence-electron chi connectivity index (χ0n) is 19.2. The van der Waals surface area contributed by atoms with Gasteiger partial charge in [-0.2, -0.15) is 9.78 Å². The second-order valence-corrected chi connectivity index (χ2v) is 7.40. The molecule has 1 amide bonds. The third kappa shape index (κ3) is 5.43. The Hall–Kier alpha value is -4.74. The summed E-state index contributed by atoms with van der Waals surface area (Å²) in [5, 5.41) is 19.3. The summed E-state index contributed by atoms with van der Waals surface area (Å²) in [7, 11) is 1.57. The minimum absolute atomic E-state index is 0.0435. The summed E-state index contributed by atoms with van der Waals surface area (Å²) < 4.78 is 17.3. The number of anilines is 1. The van der Waals surface area contributed by atoms with E-state index >= 15 is 0 Å². The molecule has 0 bridgehead atoms. The van der Waals surface area contributed by atoms with E-state index in [9.17, 15) is 4.79 Å². The van der Waals surface area contributed by atoms with Gasteiger partial charge in [0.1, 0.15) is 6.61 Å². The van der Waals surface area contributed by atoms with E-state index in [0.29, 0.717) is 35.8 Å². The summed E-state index contributed by atoms with van der Waals surface area (Å²) in [6.45, 7) is 2.35. The third-order valence-corrected chi connectivity index (χ3v) is 4.97. The SMILES string of the molecule is CCCc1c(C(=O)N/N=C/c2ccc(OC)c(OCc3ccccc3)c2)nnn1-c1nonc1N. The molecule has 180 valence electrons. The predicted molar refractivity (Wildman–Crippen MR) is 126 cm³/mol. The molecule has 35 heavy (non-hydrogen) atoms. The highest BCUT2D eigenvalue weighted by atomic mass is 16.6. The number of aromatic nitrogens is 5. The second kappa shape index (κ2) is 10.9. The molecule has 12 heteroatoms. The molecule has 0 aliphatic heterocycles. The number of methoxy groups -OCH3 is 1. The molecule has 4 aromatic rings. The number of nitrogens with one attached hydrogen (secondary N) is 1. The van der Waals surface area contributed by atoms with Gasteiger partial charge in [-0.1, -0.05) is 48.9 Å². The Morgan fingerprint density at radius 1 is 1.20 bits per heavy atom. The first-order valence-corrected chi connectivity index (χ1v) is 10.8. The van der Waals surface area contributed by atoms with E-state index in [0.717, 1.165) is 12.0 Å². The molecule has 0 fully saturated rings. The minimum atomic E-state index is -0.528. The van der Waals surface area contributed by atoms with Gasteiger partial charge in [-0.15, -0.1) is 5.10 Å². The van der Waals surface area contributed by atoms with Gasteiger partial charge in [-0.3, -0.25) is 4.79 Å². The van der Waals surface area contributed by atoms with Crippen LogP contribution in [-0.4, -0.2) is 44.5 Å². The van der Waals surface area contributed by atoms with Gasteiger partial charge in [-0.25, -0.2) is 10.1 Å². The Morgan fingerprint density at radius 2 is 2.03 bits per heavy atom. The molecule has 2 heterocycles. The van der Waals surface area contributed by atoms with Gasteiger partial charge < -0.3 is 15.2 Å². The van der Waals surface area contributed by atoms with E-state index in [1.54, 1.807) is 25.3 Å². The van der Waals surface area contributed by atoms with Gasteiger partial charge in [0.25, 0.3) is 5.91 Å². The molecule has 3 N–H and O–H groups in total. The maximum atomic E-state index is 12.7. The number of hydrogen-bond donors (Lipinski definition) is 2. The fourth-order valence-electron chi connectivity index (χ4n) is 3.29. The topological polar surface area (TPSA) is 156 Å². The molecule has 0 unspecified atom stereocenters. The largest absolute Gasteiger partial charge is 0.493 e. The quantitative estimate of drug-likeness (QED) is 0.259. The number of nitrogens with zero attached hydrogens (tertiary/aromatic N) is 6. The van der Waals surface area contributed by atoms with Crippen LogP contribution in [0.3, 0.4) is 0 Å². The summed E-state index contributed by atoms with van der Waals surface area (Å²) >= 11 is 0. The van der Waals surface area contributed by atoms with Crippen LogP contribution in [0.4, 0.5) is 5.82 Å².